The summed E-state index contributed by atoms with van der Waals surface area (Å²) in [5.74, 6) is 1.13. The van der Waals surface area contributed by atoms with E-state index in [1.165, 1.54) is 28.8 Å². The molecule has 0 N–H and O–H groups in total. The van der Waals surface area contributed by atoms with E-state index in [-0.39, 0.29) is 0 Å². The van der Waals surface area contributed by atoms with Gasteiger partial charge in [-0.05, 0) is 39.4 Å². The summed E-state index contributed by atoms with van der Waals surface area (Å²) in [4.78, 5) is 16.3. The van der Waals surface area contributed by atoms with Crippen LogP contribution in [0.15, 0.2) is 6.33 Å². The predicted molar refractivity (Wildman–Crippen MR) is 81.2 cm³/mol. The first-order valence-electron chi connectivity index (χ1n) is 6.81. The van der Waals surface area contributed by atoms with Crippen LogP contribution in [-0.4, -0.2) is 48.1 Å². The maximum absolute atomic E-state index is 4.57. The maximum Gasteiger partial charge on any atom is 0.141 e. The van der Waals surface area contributed by atoms with Crippen LogP contribution in [-0.2, 0) is 0 Å². The van der Waals surface area contributed by atoms with E-state index in [1.54, 1.807) is 17.7 Å². The fourth-order valence-corrected chi connectivity index (χ4v) is 3.65. The van der Waals surface area contributed by atoms with Gasteiger partial charge in [0.2, 0.25) is 0 Å². The van der Waals surface area contributed by atoms with Crippen molar-refractivity contribution in [3.8, 4) is 0 Å². The lowest BCUT2D eigenvalue weighted by atomic mass is 10.2. The molecule has 0 unspecified atom stereocenters. The highest BCUT2D eigenvalue weighted by atomic mass is 32.1. The van der Waals surface area contributed by atoms with Gasteiger partial charge in [-0.2, -0.15) is 0 Å². The Kier molecular flexibility index (Phi) is 3.41. The molecule has 5 heteroatoms. The number of hydrogen-bond donors (Lipinski definition) is 0. The van der Waals surface area contributed by atoms with Crippen LogP contribution in [0.1, 0.15) is 16.9 Å². The molecule has 1 aliphatic heterocycles. The molecule has 1 saturated heterocycles. The molecule has 3 heterocycles. The van der Waals surface area contributed by atoms with Crippen LogP contribution in [0.4, 0.5) is 5.82 Å². The normalized spacial score (nSPS) is 17.9. The zero-order valence-electron chi connectivity index (χ0n) is 11.8. The largest absolute Gasteiger partial charge is 0.355 e. The van der Waals surface area contributed by atoms with Crippen molar-refractivity contribution in [2.75, 3.05) is 38.1 Å². The van der Waals surface area contributed by atoms with Crippen molar-refractivity contribution in [3.63, 3.8) is 0 Å². The Morgan fingerprint density at radius 1 is 1.11 bits per heavy atom. The molecule has 0 atom stereocenters. The van der Waals surface area contributed by atoms with Crippen LogP contribution in [0.25, 0.3) is 10.2 Å². The fourth-order valence-electron chi connectivity index (χ4n) is 2.66. The van der Waals surface area contributed by atoms with E-state index < -0.39 is 0 Å². The molecule has 19 heavy (non-hydrogen) atoms. The van der Waals surface area contributed by atoms with Gasteiger partial charge in [-0.15, -0.1) is 11.3 Å². The van der Waals surface area contributed by atoms with Gasteiger partial charge in [0.15, 0.2) is 0 Å². The fraction of sp³-hybridized carbons (Fsp3) is 0.571. The first-order valence-corrected chi connectivity index (χ1v) is 7.62. The lowest BCUT2D eigenvalue weighted by Gasteiger charge is -2.22. The standard InChI is InChI=1S/C14H20N4S/c1-10-11(2)19-14-12(10)13(15-9-16-14)18-6-4-5-17(3)7-8-18/h9H,4-8H2,1-3H3. The van der Waals surface area contributed by atoms with Gasteiger partial charge in [0.25, 0.3) is 0 Å². The Morgan fingerprint density at radius 3 is 2.79 bits per heavy atom. The van der Waals surface area contributed by atoms with Gasteiger partial charge >= 0.3 is 0 Å². The molecule has 3 rings (SSSR count). The van der Waals surface area contributed by atoms with Crippen molar-refractivity contribution in [3.05, 3.63) is 16.8 Å². The van der Waals surface area contributed by atoms with Crippen LogP contribution in [0.5, 0.6) is 0 Å². The maximum atomic E-state index is 4.57. The van der Waals surface area contributed by atoms with Crippen molar-refractivity contribution in [2.24, 2.45) is 0 Å². The van der Waals surface area contributed by atoms with Crippen molar-refractivity contribution >= 4 is 27.4 Å². The molecule has 2 aromatic heterocycles. The minimum absolute atomic E-state index is 1.05. The highest BCUT2D eigenvalue weighted by Gasteiger charge is 2.19. The van der Waals surface area contributed by atoms with Crippen LogP contribution in [0.2, 0.25) is 0 Å². The number of aryl methyl sites for hydroxylation is 2. The van der Waals surface area contributed by atoms with E-state index in [0.717, 1.165) is 30.3 Å². The second-order valence-corrected chi connectivity index (χ2v) is 6.51. The van der Waals surface area contributed by atoms with E-state index in [2.05, 4.69) is 40.7 Å². The van der Waals surface area contributed by atoms with Gasteiger partial charge in [-0.3, -0.25) is 0 Å². The molecular weight excluding hydrogens is 256 g/mol. The molecule has 0 aromatic carbocycles. The average molecular weight is 276 g/mol. The Balaban J connectivity index is 2.04. The average Bonchev–Trinajstić information content (AvgIpc) is 2.58. The van der Waals surface area contributed by atoms with Gasteiger partial charge < -0.3 is 9.80 Å². The Labute approximate surface area is 118 Å². The van der Waals surface area contributed by atoms with E-state index in [1.807, 2.05) is 0 Å². The molecule has 0 bridgehead atoms. The Hall–Kier alpha value is -1.20. The van der Waals surface area contributed by atoms with E-state index in [4.69, 9.17) is 0 Å². The van der Waals surface area contributed by atoms with Gasteiger partial charge in [0.1, 0.15) is 17.0 Å². The number of rotatable bonds is 1. The number of hydrogen-bond acceptors (Lipinski definition) is 5. The Bertz CT molecular complexity index is 592. The van der Waals surface area contributed by atoms with Gasteiger partial charge in [-0.25, -0.2) is 9.97 Å². The molecule has 1 aliphatic rings. The third kappa shape index (κ3) is 2.32. The third-order valence-corrected chi connectivity index (χ3v) is 5.08. The first-order chi connectivity index (χ1) is 9.16. The van der Waals surface area contributed by atoms with Crippen LogP contribution in [0, 0.1) is 13.8 Å². The van der Waals surface area contributed by atoms with E-state index >= 15 is 0 Å². The van der Waals surface area contributed by atoms with Gasteiger partial charge in [-0.1, -0.05) is 0 Å². The van der Waals surface area contributed by atoms with Crippen LogP contribution >= 0.6 is 11.3 Å². The van der Waals surface area contributed by atoms with Gasteiger partial charge in [0.05, 0.1) is 5.39 Å². The minimum Gasteiger partial charge on any atom is -0.355 e. The van der Waals surface area contributed by atoms with Crippen molar-refractivity contribution < 1.29 is 0 Å². The highest BCUT2D eigenvalue weighted by molar-refractivity contribution is 7.18. The highest BCUT2D eigenvalue weighted by Crippen LogP contribution is 2.34. The summed E-state index contributed by atoms with van der Waals surface area (Å²) in [7, 11) is 2.19. The Morgan fingerprint density at radius 2 is 1.95 bits per heavy atom. The van der Waals surface area contributed by atoms with Crippen molar-refractivity contribution in [2.45, 2.75) is 20.3 Å². The first kappa shape index (κ1) is 12.8. The molecule has 0 amide bonds. The SMILES string of the molecule is Cc1sc2ncnc(N3CCCN(C)CC3)c2c1C. The quantitative estimate of drug-likeness (QED) is 0.801. The number of nitrogens with zero attached hydrogens (tertiary/aromatic N) is 4. The summed E-state index contributed by atoms with van der Waals surface area (Å²) < 4.78 is 0. The summed E-state index contributed by atoms with van der Waals surface area (Å²) in [6.45, 7) is 8.77. The summed E-state index contributed by atoms with van der Waals surface area (Å²) in [5.41, 5.74) is 1.34. The van der Waals surface area contributed by atoms with Gasteiger partial charge in [0, 0.05) is 24.5 Å². The number of anilines is 1. The van der Waals surface area contributed by atoms with Crippen molar-refractivity contribution in [1.82, 2.24) is 14.9 Å². The summed E-state index contributed by atoms with van der Waals surface area (Å²) in [6, 6.07) is 0. The minimum atomic E-state index is 1.05. The lowest BCUT2D eigenvalue weighted by Crippen LogP contribution is -2.29. The lowest BCUT2D eigenvalue weighted by molar-refractivity contribution is 0.360. The van der Waals surface area contributed by atoms with E-state index in [9.17, 15) is 0 Å². The molecule has 102 valence electrons. The summed E-state index contributed by atoms with van der Waals surface area (Å²) in [6.07, 6.45) is 2.91. The number of thiophene rings is 1. The topological polar surface area (TPSA) is 32.3 Å². The molecule has 0 aliphatic carbocycles. The second-order valence-electron chi connectivity index (χ2n) is 5.30. The smallest absolute Gasteiger partial charge is 0.141 e. The molecular formula is C14H20N4S. The molecule has 0 saturated carbocycles. The molecule has 2 aromatic rings. The zero-order valence-corrected chi connectivity index (χ0v) is 12.6. The monoisotopic (exact) mass is 276 g/mol. The molecule has 4 nitrogen and oxygen atoms in total. The summed E-state index contributed by atoms with van der Waals surface area (Å²) >= 11 is 1.77. The van der Waals surface area contributed by atoms with E-state index in [0.29, 0.717) is 0 Å². The molecule has 0 spiro atoms. The molecule has 1 fully saturated rings. The second kappa shape index (κ2) is 5.06. The molecule has 0 radical (unpaired) electrons. The van der Waals surface area contributed by atoms with Crippen LogP contribution < -0.4 is 4.90 Å². The predicted octanol–water partition coefficient (Wildman–Crippen LogP) is 2.45. The third-order valence-electron chi connectivity index (χ3n) is 3.96. The van der Waals surface area contributed by atoms with Crippen molar-refractivity contribution in [1.29, 1.82) is 0 Å². The number of aromatic nitrogens is 2. The summed E-state index contributed by atoms with van der Waals surface area (Å²) in [5, 5.41) is 1.26. The van der Waals surface area contributed by atoms with Crippen LogP contribution in [0.3, 0.4) is 0 Å². The zero-order chi connectivity index (χ0) is 13.4. The number of fused-ring (bicyclic) bond motifs is 1. The number of likely N-dealkylation sites (N-methyl/N-ethyl adjacent to an activating group) is 1.